The minimum Gasteiger partial charge on any atom is -0.295 e. The average Bonchev–Trinajstić information content (AvgIpc) is 2.53. The first kappa shape index (κ1) is 18.1. The quantitative estimate of drug-likeness (QED) is 0.421. The Labute approximate surface area is 150 Å². The molecule has 4 nitrogen and oxygen atoms in total. The number of hydrogen-bond donors (Lipinski definition) is 1. The average molecular weight is 443 g/mol. The van der Waals surface area contributed by atoms with Gasteiger partial charge < -0.3 is 0 Å². The summed E-state index contributed by atoms with van der Waals surface area (Å²) in [6.45, 7) is 3.72. The van der Waals surface area contributed by atoms with Gasteiger partial charge in [0.2, 0.25) is 10.0 Å². The predicted octanol–water partition coefficient (Wildman–Crippen LogP) is 3.65. The van der Waals surface area contributed by atoms with E-state index in [1.807, 2.05) is 19.1 Å². The monoisotopic (exact) mass is 443 g/mol. The summed E-state index contributed by atoms with van der Waals surface area (Å²) in [6.07, 6.45) is 0. The fourth-order valence-corrected chi connectivity index (χ4v) is 4.01. The number of halogens is 1. The van der Waals surface area contributed by atoms with Gasteiger partial charge in [0.15, 0.2) is 5.78 Å². The molecule has 23 heavy (non-hydrogen) atoms. The molecule has 0 amide bonds. The van der Waals surface area contributed by atoms with E-state index in [0.29, 0.717) is 5.56 Å². The molecule has 1 atom stereocenters. The van der Waals surface area contributed by atoms with Gasteiger partial charge in [-0.3, -0.25) is 4.79 Å². The van der Waals surface area contributed by atoms with Crippen LogP contribution in [0.1, 0.15) is 32.3 Å². The summed E-state index contributed by atoms with van der Waals surface area (Å²) in [7, 11) is -3.51. The molecule has 122 valence electrons. The van der Waals surface area contributed by atoms with Crippen molar-refractivity contribution in [1.82, 2.24) is 4.72 Å². The van der Waals surface area contributed by atoms with E-state index in [1.165, 1.54) is 6.92 Å². The molecule has 0 aliphatic carbocycles. The van der Waals surface area contributed by atoms with Crippen LogP contribution < -0.4 is 4.72 Å². The molecule has 0 fully saturated rings. The molecular formula is C17H18INO3S. The molecule has 0 saturated heterocycles. The molecule has 0 spiro atoms. The minimum absolute atomic E-state index is 0.0154. The Morgan fingerprint density at radius 2 is 1.65 bits per heavy atom. The fraction of sp³-hybridized carbons (Fsp3) is 0.235. The highest BCUT2D eigenvalue weighted by Gasteiger charge is 2.16. The summed E-state index contributed by atoms with van der Waals surface area (Å²) < 4.78 is 27.1. The van der Waals surface area contributed by atoms with Gasteiger partial charge in [-0.15, -0.1) is 0 Å². The standard InChI is InChI=1S/C17H18INO3S/c1-12-3-9-16(10-4-12)23(21,22)19-11-17(18)15-7-5-14(6-8-15)13(2)20/h3-10,17,19H,11H2,1-2H3. The molecule has 0 heterocycles. The SMILES string of the molecule is CC(=O)c1ccc(C(I)CNS(=O)(=O)c2ccc(C)cc2)cc1. The molecular weight excluding hydrogens is 425 g/mol. The third-order valence-electron chi connectivity index (χ3n) is 3.46. The van der Waals surface area contributed by atoms with Crippen molar-refractivity contribution >= 4 is 38.4 Å². The fourth-order valence-electron chi connectivity index (χ4n) is 2.03. The molecule has 0 saturated carbocycles. The Morgan fingerprint density at radius 1 is 1.09 bits per heavy atom. The van der Waals surface area contributed by atoms with Crippen molar-refractivity contribution in [1.29, 1.82) is 0 Å². The summed E-state index contributed by atoms with van der Waals surface area (Å²) in [6, 6.07) is 14.0. The molecule has 2 aromatic rings. The van der Waals surface area contributed by atoms with Crippen LogP contribution in [-0.2, 0) is 10.0 Å². The number of ketones is 1. The molecule has 2 aromatic carbocycles. The highest BCUT2D eigenvalue weighted by Crippen LogP contribution is 2.23. The third kappa shape index (κ3) is 4.86. The van der Waals surface area contributed by atoms with Crippen molar-refractivity contribution < 1.29 is 13.2 Å². The lowest BCUT2D eigenvalue weighted by molar-refractivity contribution is 0.101. The number of alkyl halides is 1. The Balaban J connectivity index is 2.04. The summed E-state index contributed by atoms with van der Waals surface area (Å²) in [5.74, 6) is 0.0154. The largest absolute Gasteiger partial charge is 0.295 e. The first-order chi connectivity index (χ1) is 10.8. The van der Waals surface area contributed by atoms with Crippen molar-refractivity contribution in [2.45, 2.75) is 22.7 Å². The number of carbonyl (C=O) groups excluding carboxylic acids is 1. The van der Waals surface area contributed by atoms with E-state index in [2.05, 4.69) is 27.3 Å². The van der Waals surface area contributed by atoms with Gasteiger partial charge in [0.05, 0.1) is 4.90 Å². The molecule has 0 aliphatic heterocycles. The summed E-state index contributed by atoms with van der Waals surface area (Å²) in [5, 5.41) is 0. The van der Waals surface area contributed by atoms with Crippen LogP contribution in [0.2, 0.25) is 0 Å². The third-order valence-corrected chi connectivity index (χ3v) is 6.06. The molecule has 1 unspecified atom stereocenters. The second-order valence-electron chi connectivity index (χ2n) is 5.31. The van der Waals surface area contributed by atoms with Crippen LogP contribution in [0.25, 0.3) is 0 Å². The number of rotatable bonds is 6. The van der Waals surface area contributed by atoms with Crippen LogP contribution in [0.3, 0.4) is 0 Å². The Hall–Kier alpha value is -1.25. The van der Waals surface area contributed by atoms with Gasteiger partial charge >= 0.3 is 0 Å². The highest BCUT2D eigenvalue weighted by molar-refractivity contribution is 14.1. The van der Waals surface area contributed by atoms with Gasteiger partial charge in [0.1, 0.15) is 0 Å². The number of sulfonamides is 1. The zero-order valence-electron chi connectivity index (χ0n) is 12.9. The second-order valence-corrected chi connectivity index (χ2v) is 8.58. The number of aryl methyl sites for hydroxylation is 1. The molecule has 1 N–H and O–H groups in total. The molecule has 0 bridgehead atoms. The zero-order chi connectivity index (χ0) is 17.0. The number of carbonyl (C=O) groups is 1. The van der Waals surface area contributed by atoms with E-state index in [1.54, 1.807) is 36.4 Å². The number of nitrogens with one attached hydrogen (secondary N) is 1. The summed E-state index contributed by atoms with van der Waals surface area (Å²) in [4.78, 5) is 11.5. The van der Waals surface area contributed by atoms with Gasteiger partial charge in [-0.2, -0.15) is 0 Å². The van der Waals surface area contributed by atoms with Crippen molar-refractivity contribution in [3.05, 3.63) is 65.2 Å². The number of hydrogen-bond acceptors (Lipinski definition) is 3. The van der Waals surface area contributed by atoms with E-state index in [9.17, 15) is 13.2 Å². The summed E-state index contributed by atoms with van der Waals surface area (Å²) >= 11 is 2.19. The maximum Gasteiger partial charge on any atom is 0.240 e. The number of benzene rings is 2. The van der Waals surface area contributed by atoms with Gasteiger partial charge in [0, 0.05) is 16.0 Å². The molecule has 0 aliphatic rings. The lowest BCUT2D eigenvalue weighted by atomic mass is 10.1. The van der Waals surface area contributed by atoms with Crippen LogP contribution in [-0.4, -0.2) is 20.7 Å². The van der Waals surface area contributed by atoms with Crippen molar-refractivity contribution in [2.75, 3.05) is 6.54 Å². The normalized spacial score (nSPS) is 12.8. The molecule has 0 aromatic heterocycles. The second kappa shape index (κ2) is 7.55. The van der Waals surface area contributed by atoms with E-state index in [0.717, 1.165) is 11.1 Å². The van der Waals surface area contributed by atoms with Gasteiger partial charge in [-0.1, -0.05) is 64.6 Å². The van der Waals surface area contributed by atoms with E-state index < -0.39 is 10.0 Å². The first-order valence-corrected chi connectivity index (χ1v) is 9.84. The number of Topliss-reactive ketones (excluding diaryl/α,β-unsaturated/α-hetero) is 1. The van der Waals surface area contributed by atoms with Crippen LogP contribution in [0, 0.1) is 6.92 Å². The van der Waals surface area contributed by atoms with Gasteiger partial charge in [0.25, 0.3) is 0 Å². The maximum atomic E-state index is 12.3. The Morgan fingerprint density at radius 3 is 2.17 bits per heavy atom. The van der Waals surface area contributed by atoms with Crippen molar-refractivity contribution in [2.24, 2.45) is 0 Å². The molecule has 6 heteroatoms. The van der Waals surface area contributed by atoms with Crippen molar-refractivity contribution in [3.8, 4) is 0 Å². The topological polar surface area (TPSA) is 63.2 Å². The zero-order valence-corrected chi connectivity index (χ0v) is 15.9. The van der Waals surface area contributed by atoms with Gasteiger partial charge in [-0.05, 0) is 31.5 Å². The van der Waals surface area contributed by atoms with Crippen LogP contribution in [0.15, 0.2) is 53.4 Å². The van der Waals surface area contributed by atoms with E-state index in [4.69, 9.17) is 0 Å². The minimum atomic E-state index is -3.51. The van der Waals surface area contributed by atoms with Gasteiger partial charge in [-0.25, -0.2) is 13.1 Å². The van der Waals surface area contributed by atoms with E-state index >= 15 is 0 Å². The Bertz CT molecular complexity index is 784. The lowest BCUT2D eigenvalue weighted by Crippen LogP contribution is -2.27. The maximum absolute atomic E-state index is 12.3. The van der Waals surface area contributed by atoms with Crippen LogP contribution in [0.5, 0.6) is 0 Å². The van der Waals surface area contributed by atoms with Crippen LogP contribution >= 0.6 is 22.6 Å². The smallest absolute Gasteiger partial charge is 0.240 e. The molecule has 2 rings (SSSR count). The first-order valence-electron chi connectivity index (χ1n) is 7.11. The lowest BCUT2D eigenvalue weighted by Gasteiger charge is -2.13. The van der Waals surface area contributed by atoms with Crippen LogP contribution in [0.4, 0.5) is 0 Å². The summed E-state index contributed by atoms with van der Waals surface area (Å²) in [5.41, 5.74) is 2.64. The van der Waals surface area contributed by atoms with E-state index in [-0.39, 0.29) is 21.1 Å². The highest BCUT2D eigenvalue weighted by atomic mass is 127. The Kier molecular flexibility index (Phi) is 5.94. The predicted molar refractivity (Wildman–Crippen MR) is 99.6 cm³/mol. The molecule has 0 radical (unpaired) electrons. The van der Waals surface area contributed by atoms with Crippen molar-refractivity contribution in [3.63, 3.8) is 0 Å².